The predicted octanol–water partition coefficient (Wildman–Crippen LogP) is 7.20. The molecule has 0 spiro atoms. The van der Waals surface area contributed by atoms with Crippen molar-refractivity contribution in [3.05, 3.63) is 48.0 Å². The average Bonchev–Trinajstić information content (AvgIpc) is 2.56. The zero-order valence-electron chi connectivity index (χ0n) is 18.1. The van der Waals surface area contributed by atoms with Gasteiger partial charge in [0, 0.05) is 17.6 Å². The van der Waals surface area contributed by atoms with E-state index in [1.165, 1.54) is 49.7 Å². The Hall–Kier alpha value is -1.08. The van der Waals surface area contributed by atoms with Crippen LogP contribution in [-0.4, -0.2) is 22.5 Å². The standard InChI is InChI=1S/C25H41N/c1-8-9-13-20(2)16-22-17-24(4,5)26(25(6,7)18-22)19-21(3)23-14-11-10-12-15-23/h10-12,14-15,21-22H,2,8-9,13,16-19H2,1,3-7H3. The first-order valence-corrected chi connectivity index (χ1v) is 10.6. The Bertz CT molecular complexity index is 551. The number of hydrogen-bond donors (Lipinski definition) is 0. The molecule has 26 heavy (non-hydrogen) atoms. The van der Waals surface area contributed by atoms with Crippen molar-refractivity contribution in [3.63, 3.8) is 0 Å². The van der Waals surface area contributed by atoms with Gasteiger partial charge < -0.3 is 0 Å². The van der Waals surface area contributed by atoms with Gasteiger partial charge in [0.25, 0.3) is 0 Å². The maximum Gasteiger partial charge on any atom is 0.0161 e. The summed E-state index contributed by atoms with van der Waals surface area (Å²) < 4.78 is 0. The minimum absolute atomic E-state index is 0.237. The van der Waals surface area contributed by atoms with Crippen LogP contribution in [0.15, 0.2) is 42.5 Å². The quantitative estimate of drug-likeness (QED) is 0.446. The zero-order chi connectivity index (χ0) is 19.4. The molecule has 0 amide bonds. The maximum absolute atomic E-state index is 4.38. The topological polar surface area (TPSA) is 3.24 Å². The molecule has 1 aromatic carbocycles. The Morgan fingerprint density at radius 1 is 1.12 bits per heavy atom. The zero-order valence-corrected chi connectivity index (χ0v) is 18.1. The van der Waals surface area contributed by atoms with Crippen molar-refractivity contribution in [2.75, 3.05) is 6.54 Å². The lowest BCUT2D eigenvalue weighted by Crippen LogP contribution is -2.61. The lowest BCUT2D eigenvalue weighted by Gasteiger charge is -2.56. The van der Waals surface area contributed by atoms with E-state index in [9.17, 15) is 0 Å². The Morgan fingerprint density at radius 3 is 2.23 bits per heavy atom. The van der Waals surface area contributed by atoms with Crippen LogP contribution in [-0.2, 0) is 0 Å². The van der Waals surface area contributed by atoms with E-state index < -0.39 is 0 Å². The summed E-state index contributed by atoms with van der Waals surface area (Å²) >= 11 is 0. The number of hydrogen-bond acceptors (Lipinski definition) is 1. The van der Waals surface area contributed by atoms with Gasteiger partial charge in [-0.05, 0) is 77.2 Å². The van der Waals surface area contributed by atoms with Crippen molar-refractivity contribution in [2.45, 2.75) is 97.1 Å². The lowest BCUT2D eigenvalue weighted by atomic mass is 9.71. The van der Waals surface area contributed by atoms with Gasteiger partial charge in [0.05, 0.1) is 0 Å². The van der Waals surface area contributed by atoms with Crippen LogP contribution >= 0.6 is 0 Å². The van der Waals surface area contributed by atoms with Gasteiger partial charge >= 0.3 is 0 Å². The Labute approximate surface area is 162 Å². The van der Waals surface area contributed by atoms with Gasteiger partial charge in [-0.2, -0.15) is 0 Å². The van der Waals surface area contributed by atoms with E-state index in [4.69, 9.17) is 0 Å². The first-order valence-electron chi connectivity index (χ1n) is 10.6. The van der Waals surface area contributed by atoms with E-state index >= 15 is 0 Å². The molecule has 1 saturated heterocycles. The van der Waals surface area contributed by atoms with E-state index in [-0.39, 0.29) is 11.1 Å². The van der Waals surface area contributed by atoms with Gasteiger partial charge in [-0.1, -0.05) is 62.8 Å². The second kappa shape index (κ2) is 8.74. The van der Waals surface area contributed by atoms with Crippen molar-refractivity contribution in [1.29, 1.82) is 0 Å². The van der Waals surface area contributed by atoms with Crippen LogP contribution in [0.25, 0.3) is 0 Å². The predicted molar refractivity (Wildman–Crippen MR) is 116 cm³/mol. The first kappa shape index (κ1) is 21.2. The number of nitrogens with zero attached hydrogens (tertiary/aromatic N) is 1. The average molecular weight is 356 g/mol. The maximum atomic E-state index is 4.38. The molecule has 146 valence electrons. The molecule has 0 radical (unpaired) electrons. The summed E-state index contributed by atoms with van der Waals surface area (Å²) in [5.41, 5.74) is 3.39. The largest absolute Gasteiger partial charge is 0.292 e. The summed E-state index contributed by atoms with van der Waals surface area (Å²) in [6.07, 6.45) is 7.55. The van der Waals surface area contributed by atoms with Crippen molar-refractivity contribution in [1.82, 2.24) is 4.90 Å². The van der Waals surface area contributed by atoms with Gasteiger partial charge in [-0.3, -0.25) is 4.90 Å². The fourth-order valence-electron chi connectivity index (χ4n) is 5.26. The van der Waals surface area contributed by atoms with E-state index in [1.54, 1.807) is 0 Å². The van der Waals surface area contributed by atoms with Gasteiger partial charge in [0.15, 0.2) is 0 Å². The number of unbranched alkanes of at least 4 members (excludes halogenated alkanes) is 1. The summed E-state index contributed by atoms with van der Waals surface area (Å²) in [6, 6.07) is 11.0. The number of allylic oxidation sites excluding steroid dienone is 1. The monoisotopic (exact) mass is 355 g/mol. The second-order valence-electron chi connectivity index (χ2n) is 9.88. The Morgan fingerprint density at radius 2 is 1.69 bits per heavy atom. The molecule has 1 fully saturated rings. The van der Waals surface area contributed by atoms with Crippen LogP contribution in [0, 0.1) is 5.92 Å². The highest BCUT2D eigenvalue weighted by Crippen LogP contribution is 2.44. The molecule has 1 aliphatic rings. The second-order valence-corrected chi connectivity index (χ2v) is 9.88. The highest BCUT2D eigenvalue weighted by molar-refractivity contribution is 5.20. The molecule has 1 atom stereocenters. The molecule has 0 bridgehead atoms. The summed E-state index contributed by atoms with van der Waals surface area (Å²) in [7, 11) is 0. The molecular formula is C25H41N. The third kappa shape index (κ3) is 5.46. The molecule has 0 aromatic heterocycles. The summed E-state index contributed by atoms with van der Waals surface area (Å²) in [5.74, 6) is 1.33. The van der Waals surface area contributed by atoms with Gasteiger partial charge in [0.1, 0.15) is 0 Å². The number of rotatable bonds is 8. The first-order chi connectivity index (χ1) is 12.2. The number of benzene rings is 1. The molecule has 1 nitrogen and oxygen atoms in total. The molecular weight excluding hydrogens is 314 g/mol. The number of piperidine rings is 1. The summed E-state index contributed by atoms with van der Waals surface area (Å²) in [5, 5.41) is 0. The molecule has 2 rings (SSSR count). The van der Waals surface area contributed by atoms with E-state index in [0.717, 1.165) is 12.5 Å². The fraction of sp³-hybridized carbons (Fsp3) is 0.680. The van der Waals surface area contributed by atoms with Crippen LogP contribution in [0.5, 0.6) is 0 Å². The Kier molecular flexibility index (Phi) is 7.13. The summed E-state index contributed by atoms with van der Waals surface area (Å²) in [4.78, 5) is 2.78. The third-order valence-corrected chi connectivity index (χ3v) is 6.32. The minimum Gasteiger partial charge on any atom is -0.292 e. The molecule has 1 heterocycles. The lowest BCUT2D eigenvalue weighted by molar-refractivity contribution is -0.0541. The van der Waals surface area contributed by atoms with Crippen molar-refractivity contribution >= 4 is 0 Å². The minimum atomic E-state index is 0.237. The Balaban J connectivity index is 2.06. The van der Waals surface area contributed by atoms with Crippen LogP contribution in [0.1, 0.15) is 91.5 Å². The van der Waals surface area contributed by atoms with Crippen LogP contribution in [0.4, 0.5) is 0 Å². The van der Waals surface area contributed by atoms with Crippen molar-refractivity contribution in [2.24, 2.45) is 5.92 Å². The van der Waals surface area contributed by atoms with Crippen LogP contribution in [0.2, 0.25) is 0 Å². The van der Waals surface area contributed by atoms with E-state index in [0.29, 0.717) is 5.92 Å². The molecule has 1 heteroatoms. The summed E-state index contributed by atoms with van der Waals surface area (Å²) in [6.45, 7) is 20.0. The van der Waals surface area contributed by atoms with E-state index in [1.807, 2.05) is 0 Å². The van der Waals surface area contributed by atoms with Crippen molar-refractivity contribution < 1.29 is 0 Å². The van der Waals surface area contributed by atoms with Crippen molar-refractivity contribution in [3.8, 4) is 0 Å². The normalized spacial score (nSPS) is 21.5. The smallest absolute Gasteiger partial charge is 0.0161 e. The third-order valence-electron chi connectivity index (χ3n) is 6.32. The highest BCUT2D eigenvalue weighted by atomic mass is 15.3. The molecule has 1 unspecified atom stereocenters. The van der Waals surface area contributed by atoms with Crippen LogP contribution in [0.3, 0.4) is 0 Å². The molecule has 0 saturated carbocycles. The van der Waals surface area contributed by atoms with Gasteiger partial charge in [-0.15, -0.1) is 0 Å². The van der Waals surface area contributed by atoms with Gasteiger partial charge in [-0.25, -0.2) is 0 Å². The van der Waals surface area contributed by atoms with Crippen LogP contribution < -0.4 is 0 Å². The SMILES string of the molecule is C=C(CCCC)CC1CC(C)(C)N(CC(C)c2ccccc2)C(C)(C)C1. The molecule has 1 aromatic rings. The molecule has 0 N–H and O–H groups in total. The fourth-order valence-corrected chi connectivity index (χ4v) is 5.26. The molecule has 0 aliphatic carbocycles. The molecule has 1 aliphatic heterocycles. The van der Waals surface area contributed by atoms with Gasteiger partial charge in [0.2, 0.25) is 0 Å². The van der Waals surface area contributed by atoms with E-state index in [2.05, 4.69) is 83.4 Å². The highest BCUT2D eigenvalue weighted by Gasteiger charge is 2.45. The number of likely N-dealkylation sites (tertiary alicyclic amines) is 1.